The molecule has 3 aromatic rings. The van der Waals surface area contributed by atoms with E-state index >= 15 is 0 Å². The second-order valence-electron chi connectivity index (χ2n) is 5.84. The van der Waals surface area contributed by atoms with Crippen LogP contribution in [0.15, 0.2) is 31.1 Å². The predicted molar refractivity (Wildman–Crippen MR) is 84.2 cm³/mol. The van der Waals surface area contributed by atoms with Crippen molar-refractivity contribution in [2.24, 2.45) is 5.92 Å². The van der Waals surface area contributed by atoms with Crippen molar-refractivity contribution in [1.82, 2.24) is 29.4 Å². The highest BCUT2D eigenvalue weighted by Crippen LogP contribution is 2.30. The van der Waals surface area contributed by atoms with Gasteiger partial charge in [-0.2, -0.15) is 10.2 Å². The Bertz CT molecular complexity index is 816. The third-order valence-electron chi connectivity index (χ3n) is 4.19. The lowest BCUT2D eigenvalue weighted by Crippen LogP contribution is -2.28. The van der Waals surface area contributed by atoms with Gasteiger partial charge >= 0.3 is 0 Å². The highest BCUT2D eigenvalue weighted by atomic mass is 35.5. The van der Waals surface area contributed by atoms with E-state index in [1.54, 1.807) is 29.3 Å². The lowest BCUT2D eigenvalue weighted by Gasteiger charge is -2.17. The molecule has 1 unspecified atom stereocenters. The molecule has 0 aliphatic heterocycles. The molecule has 0 amide bonds. The molecular formula is C14H16ClN7O. The summed E-state index contributed by atoms with van der Waals surface area (Å²) in [5, 5.41) is 22.5. The van der Waals surface area contributed by atoms with E-state index in [2.05, 4.69) is 25.5 Å². The van der Waals surface area contributed by atoms with Crippen molar-refractivity contribution in [2.45, 2.75) is 31.5 Å². The maximum absolute atomic E-state index is 10.3. The number of anilines is 1. The van der Waals surface area contributed by atoms with Crippen LogP contribution in [0.5, 0.6) is 0 Å². The number of fused-ring (bicyclic) bond motifs is 1. The minimum atomic E-state index is -0.434. The highest BCUT2D eigenvalue weighted by Gasteiger charge is 2.33. The highest BCUT2D eigenvalue weighted by molar-refractivity contribution is 6.30. The quantitative estimate of drug-likeness (QED) is 0.746. The van der Waals surface area contributed by atoms with Gasteiger partial charge in [-0.1, -0.05) is 11.6 Å². The number of nitrogens with one attached hydrogen (secondary N) is 1. The lowest BCUT2D eigenvalue weighted by molar-refractivity contribution is 0.166. The molecule has 8 nitrogen and oxygen atoms in total. The molecule has 1 fully saturated rings. The molecule has 3 heterocycles. The van der Waals surface area contributed by atoms with Gasteiger partial charge in [0, 0.05) is 25.1 Å². The molecule has 23 heavy (non-hydrogen) atoms. The van der Waals surface area contributed by atoms with E-state index < -0.39 is 6.10 Å². The molecule has 2 N–H and O–H groups in total. The molecule has 3 atom stereocenters. The summed E-state index contributed by atoms with van der Waals surface area (Å²) in [5.74, 6) is 0.966. The number of aromatic nitrogens is 6. The smallest absolute Gasteiger partial charge is 0.198 e. The molecule has 1 aliphatic rings. The molecule has 9 heteroatoms. The normalized spacial score (nSPS) is 24.3. The molecule has 120 valence electrons. The Labute approximate surface area is 137 Å². The lowest BCUT2D eigenvalue weighted by atomic mass is 10.1. The van der Waals surface area contributed by atoms with Crippen molar-refractivity contribution in [3.8, 4) is 0 Å². The first-order valence-electron chi connectivity index (χ1n) is 7.46. The molecular weight excluding hydrogens is 318 g/mol. The van der Waals surface area contributed by atoms with E-state index in [0.29, 0.717) is 28.8 Å². The van der Waals surface area contributed by atoms with Gasteiger partial charge < -0.3 is 10.4 Å². The van der Waals surface area contributed by atoms with Crippen molar-refractivity contribution >= 4 is 23.1 Å². The van der Waals surface area contributed by atoms with Gasteiger partial charge in [0.15, 0.2) is 11.5 Å². The Hall–Kier alpha value is -2.19. The summed E-state index contributed by atoms with van der Waals surface area (Å²) in [6, 6.07) is -0.0681. The third-order valence-corrected chi connectivity index (χ3v) is 4.39. The molecule has 0 radical (unpaired) electrons. The van der Waals surface area contributed by atoms with Gasteiger partial charge in [-0.15, -0.1) is 0 Å². The standard InChI is InChI=1S/C14H16ClN7O/c15-10-5-18-21(7-10)6-9-3-11(12(23)4-9)20-13-14-17-8-19-22(14)2-1-16-13/h1-2,5,7-9,11-12,23H,3-4,6H2,(H,16,20)/t9?,11-,12-/m1/s1. The number of nitrogens with zero attached hydrogens (tertiary/aromatic N) is 6. The Morgan fingerprint density at radius 3 is 3.04 bits per heavy atom. The van der Waals surface area contributed by atoms with Crippen LogP contribution < -0.4 is 5.32 Å². The van der Waals surface area contributed by atoms with Crippen molar-refractivity contribution in [2.75, 3.05) is 5.32 Å². The topological polar surface area (TPSA) is 93.2 Å². The van der Waals surface area contributed by atoms with E-state index in [1.165, 1.54) is 6.33 Å². The number of hydrogen-bond donors (Lipinski definition) is 2. The van der Waals surface area contributed by atoms with Crippen molar-refractivity contribution < 1.29 is 5.11 Å². The zero-order chi connectivity index (χ0) is 15.8. The molecule has 0 spiro atoms. The fourth-order valence-electron chi connectivity index (χ4n) is 3.16. The number of aliphatic hydroxyl groups excluding tert-OH is 1. The van der Waals surface area contributed by atoms with Gasteiger partial charge in [0.05, 0.1) is 23.4 Å². The van der Waals surface area contributed by atoms with Crippen LogP contribution in [0, 0.1) is 5.92 Å². The second kappa shape index (κ2) is 5.78. The molecule has 1 saturated carbocycles. The number of halogens is 1. The first kappa shape index (κ1) is 14.4. The summed E-state index contributed by atoms with van der Waals surface area (Å²) >= 11 is 5.89. The molecule has 0 saturated heterocycles. The molecule has 3 aromatic heterocycles. The average Bonchev–Trinajstić information content (AvgIpc) is 3.22. The zero-order valence-electron chi connectivity index (χ0n) is 12.2. The number of hydrogen-bond acceptors (Lipinski definition) is 6. The SMILES string of the molecule is O[C@@H]1CC(Cn2cc(Cl)cn2)C[C@H]1Nc1nccn2ncnc12. The minimum Gasteiger partial charge on any atom is -0.391 e. The second-order valence-corrected chi connectivity index (χ2v) is 6.28. The van der Waals surface area contributed by atoms with E-state index in [4.69, 9.17) is 11.6 Å². The third kappa shape index (κ3) is 2.87. The molecule has 4 rings (SSSR count). The number of aliphatic hydroxyl groups is 1. The van der Waals surface area contributed by atoms with Crippen LogP contribution in [0.4, 0.5) is 5.82 Å². The van der Waals surface area contributed by atoms with Gasteiger partial charge in [-0.25, -0.2) is 14.5 Å². The van der Waals surface area contributed by atoms with Crippen LogP contribution in [0.2, 0.25) is 5.02 Å². The Morgan fingerprint density at radius 1 is 1.30 bits per heavy atom. The monoisotopic (exact) mass is 333 g/mol. The van der Waals surface area contributed by atoms with Crippen molar-refractivity contribution in [1.29, 1.82) is 0 Å². The van der Waals surface area contributed by atoms with Crippen LogP contribution >= 0.6 is 11.6 Å². The number of rotatable bonds is 4. The summed E-state index contributed by atoms with van der Waals surface area (Å²) in [6.45, 7) is 0.741. The largest absolute Gasteiger partial charge is 0.391 e. The molecule has 1 aliphatic carbocycles. The van der Waals surface area contributed by atoms with Gasteiger partial charge in [0.1, 0.15) is 6.33 Å². The Balaban J connectivity index is 1.46. The summed E-state index contributed by atoms with van der Waals surface area (Å²) in [7, 11) is 0. The van der Waals surface area contributed by atoms with Crippen molar-refractivity contribution in [3.63, 3.8) is 0 Å². The van der Waals surface area contributed by atoms with Crippen LogP contribution in [0.25, 0.3) is 5.65 Å². The summed E-state index contributed by atoms with van der Waals surface area (Å²) < 4.78 is 3.47. The van der Waals surface area contributed by atoms with Crippen molar-refractivity contribution in [3.05, 3.63) is 36.1 Å². The van der Waals surface area contributed by atoms with Crippen LogP contribution in [0.3, 0.4) is 0 Å². The summed E-state index contributed by atoms with van der Waals surface area (Å²) in [6.07, 6.45) is 9.41. The van der Waals surface area contributed by atoms with E-state index in [-0.39, 0.29) is 6.04 Å². The van der Waals surface area contributed by atoms with Gasteiger partial charge in [0.2, 0.25) is 0 Å². The average molecular weight is 334 g/mol. The fourth-order valence-corrected chi connectivity index (χ4v) is 3.32. The van der Waals surface area contributed by atoms with E-state index in [9.17, 15) is 5.11 Å². The first-order valence-corrected chi connectivity index (χ1v) is 7.84. The minimum absolute atomic E-state index is 0.0681. The maximum atomic E-state index is 10.3. The van der Waals surface area contributed by atoms with Crippen LogP contribution in [-0.4, -0.2) is 46.6 Å². The fraction of sp³-hybridized carbons (Fsp3) is 0.429. The Kier molecular flexibility index (Phi) is 3.62. The van der Waals surface area contributed by atoms with Crippen LogP contribution in [0.1, 0.15) is 12.8 Å². The van der Waals surface area contributed by atoms with Gasteiger partial charge in [-0.05, 0) is 18.8 Å². The summed E-state index contributed by atoms with van der Waals surface area (Å²) in [5.41, 5.74) is 0.655. The predicted octanol–water partition coefficient (Wildman–Crippen LogP) is 1.23. The molecule has 0 bridgehead atoms. The zero-order valence-corrected chi connectivity index (χ0v) is 13.0. The van der Waals surface area contributed by atoms with Crippen LogP contribution in [-0.2, 0) is 6.54 Å². The van der Waals surface area contributed by atoms with Gasteiger partial charge in [-0.3, -0.25) is 4.68 Å². The van der Waals surface area contributed by atoms with E-state index in [0.717, 1.165) is 13.0 Å². The first-order chi connectivity index (χ1) is 11.2. The Morgan fingerprint density at radius 2 is 2.22 bits per heavy atom. The maximum Gasteiger partial charge on any atom is 0.198 e. The van der Waals surface area contributed by atoms with E-state index in [1.807, 2.05) is 4.68 Å². The molecule has 0 aromatic carbocycles. The van der Waals surface area contributed by atoms with Gasteiger partial charge in [0.25, 0.3) is 0 Å². The summed E-state index contributed by atoms with van der Waals surface area (Å²) in [4.78, 5) is 8.50.